The van der Waals surface area contributed by atoms with Gasteiger partial charge in [-0.1, -0.05) is 53.2 Å². The molecule has 0 aromatic heterocycles. The van der Waals surface area contributed by atoms with Crippen LogP contribution < -0.4 is 0 Å². The molecule has 420 valence electrons. The summed E-state index contributed by atoms with van der Waals surface area (Å²) in [5.41, 5.74) is 0.0514. The molecule has 75 heavy (non-hydrogen) atoms. The zero-order chi connectivity index (χ0) is 55.5. The fourth-order valence-electron chi connectivity index (χ4n) is 15.5. The van der Waals surface area contributed by atoms with Crippen LogP contribution in [-0.2, 0) is 95.2 Å². The second-order valence-corrected chi connectivity index (χ2v) is 24.1. The van der Waals surface area contributed by atoms with Crippen molar-refractivity contribution >= 4 is 47.8 Å². The fourth-order valence-corrected chi connectivity index (χ4v) is 15.5. The molecule has 0 amide bonds. The predicted octanol–water partition coefficient (Wildman–Crippen LogP) is 6.19. The summed E-state index contributed by atoms with van der Waals surface area (Å²) in [5, 5.41) is 0. The Morgan fingerprint density at radius 2 is 1.00 bits per heavy atom. The van der Waals surface area contributed by atoms with Crippen LogP contribution in [0.4, 0.5) is 0 Å². The van der Waals surface area contributed by atoms with E-state index in [4.69, 9.17) is 56.8 Å². The molecule has 0 spiro atoms. The Morgan fingerprint density at radius 3 is 1.51 bits per heavy atom. The molecule has 2 heterocycles. The van der Waals surface area contributed by atoms with Crippen molar-refractivity contribution in [1.29, 1.82) is 0 Å². The third-order valence-corrected chi connectivity index (χ3v) is 19.4. The zero-order valence-corrected chi connectivity index (χ0v) is 46.4. The Hall–Kier alpha value is -4.66. The molecule has 0 aromatic carbocycles. The van der Waals surface area contributed by atoms with Crippen molar-refractivity contribution in [1.82, 2.24) is 0 Å². The topological polar surface area (TPSA) is 247 Å². The maximum atomic E-state index is 13.7. The number of hydrogen-bond acceptors (Lipinski definition) is 20. The normalized spacial score (nSPS) is 42.7. The standard InChI is InChI=1S/C55H80O20/c1-27(56)67-37-39(69-29(3)58)43(71-31(5)60)48(74-42(37)46(62)65-14)75-44-40(70-30(4)59)38(68-28(2)57)41(45(61)64-13)73-47(44)72-36-19-20-53(10)34(50(36,6)7)18-21-55(12)35(53)17-16-32-33-26-52(9,49(63)66-15)23-22-51(33,8)24-25-54(32,55)11/h16,33-44,47-48H,17-26H2,1-15H3/t33-,34-,35+,36-,37-,38-,39-,40-,41-,42-,43+,44+,47+,48-,51+,52-,53-,54+,55+/m0/s1. The summed E-state index contributed by atoms with van der Waals surface area (Å²) in [5.74, 6) is -6.22. The van der Waals surface area contributed by atoms with Crippen LogP contribution in [0.15, 0.2) is 11.6 Å². The first kappa shape index (κ1) is 58.0. The molecule has 0 aromatic rings. The van der Waals surface area contributed by atoms with Gasteiger partial charge in [0.1, 0.15) is 0 Å². The number of rotatable bonds is 12. The van der Waals surface area contributed by atoms with Crippen molar-refractivity contribution in [3.8, 4) is 0 Å². The van der Waals surface area contributed by atoms with E-state index in [1.165, 1.54) is 12.7 Å². The number of ether oxygens (including phenoxy) is 12. The maximum absolute atomic E-state index is 13.7. The predicted molar refractivity (Wildman–Crippen MR) is 260 cm³/mol. The van der Waals surface area contributed by atoms with Crippen LogP contribution in [0.5, 0.6) is 0 Å². The van der Waals surface area contributed by atoms with E-state index in [9.17, 15) is 38.4 Å². The number of hydrogen-bond donors (Lipinski definition) is 0. The van der Waals surface area contributed by atoms with Gasteiger partial charge in [0.15, 0.2) is 55.1 Å². The molecule has 0 N–H and O–H groups in total. The molecule has 19 atom stereocenters. The van der Waals surface area contributed by atoms with Crippen LogP contribution in [0.2, 0.25) is 0 Å². The van der Waals surface area contributed by atoms with E-state index >= 15 is 0 Å². The molecule has 20 nitrogen and oxygen atoms in total. The van der Waals surface area contributed by atoms with E-state index in [-0.39, 0.29) is 45.4 Å². The van der Waals surface area contributed by atoms with Gasteiger partial charge >= 0.3 is 47.8 Å². The second-order valence-electron chi connectivity index (χ2n) is 24.1. The molecule has 0 unspecified atom stereocenters. The van der Waals surface area contributed by atoms with Crippen LogP contribution in [0.1, 0.15) is 147 Å². The number of allylic oxidation sites excluding steroid dienone is 2. The van der Waals surface area contributed by atoms with Gasteiger partial charge in [0.25, 0.3) is 0 Å². The van der Waals surface area contributed by atoms with Gasteiger partial charge in [0.05, 0.1) is 32.8 Å². The van der Waals surface area contributed by atoms with E-state index in [1.807, 2.05) is 0 Å². The van der Waals surface area contributed by atoms with Gasteiger partial charge in [0, 0.05) is 34.6 Å². The molecule has 7 aliphatic rings. The van der Waals surface area contributed by atoms with Gasteiger partial charge in [-0.15, -0.1) is 0 Å². The minimum atomic E-state index is -1.95. The quantitative estimate of drug-likeness (QED) is 0.0915. The van der Waals surface area contributed by atoms with Crippen molar-refractivity contribution in [2.75, 3.05) is 21.3 Å². The fraction of sp³-hybridized carbons (Fsp3) is 0.818. The number of carbonyl (C=O) groups excluding carboxylic acids is 8. The van der Waals surface area contributed by atoms with Crippen LogP contribution in [0.3, 0.4) is 0 Å². The average Bonchev–Trinajstić information content (AvgIpc) is 3.32. The summed E-state index contributed by atoms with van der Waals surface area (Å²) in [6.45, 7) is 21.4. The Kier molecular flexibility index (Phi) is 16.5. The van der Waals surface area contributed by atoms with E-state index in [0.29, 0.717) is 6.42 Å². The van der Waals surface area contributed by atoms with Gasteiger partial charge in [-0.05, 0) is 116 Å². The molecule has 0 radical (unpaired) electrons. The highest BCUT2D eigenvalue weighted by atomic mass is 16.8. The first-order valence-electron chi connectivity index (χ1n) is 26.4. The van der Waals surface area contributed by atoms with Crippen LogP contribution in [0, 0.1) is 50.2 Å². The number of methoxy groups -OCH3 is 3. The van der Waals surface area contributed by atoms with Gasteiger partial charge in [0.2, 0.25) is 6.29 Å². The van der Waals surface area contributed by atoms with Crippen LogP contribution >= 0.6 is 0 Å². The minimum Gasteiger partial charge on any atom is -0.469 e. The van der Waals surface area contributed by atoms with E-state index < -0.39 is 120 Å². The van der Waals surface area contributed by atoms with Crippen LogP contribution in [0.25, 0.3) is 0 Å². The Labute approximate surface area is 439 Å². The number of fused-ring (bicyclic) bond motifs is 7. The average molecular weight is 1060 g/mol. The highest BCUT2D eigenvalue weighted by Crippen LogP contribution is 2.76. The lowest BCUT2D eigenvalue weighted by atomic mass is 9.33. The maximum Gasteiger partial charge on any atom is 0.339 e. The van der Waals surface area contributed by atoms with Crippen molar-refractivity contribution in [2.24, 2.45) is 50.2 Å². The van der Waals surface area contributed by atoms with Crippen molar-refractivity contribution in [3.05, 3.63) is 11.6 Å². The molecule has 2 aliphatic heterocycles. The lowest BCUT2D eigenvalue weighted by molar-refractivity contribution is -0.372. The Morgan fingerprint density at radius 1 is 0.520 bits per heavy atom. The first-order chi connectivity index (χ1) is 34.9. The summed E-state index contributed by atoms with van der Waals surface area (Å²) in [7, 11) is 3.62. The van der Waals surface area contributed by atoms with E-state index in [1.54, 1.807) is 0 Å². The lowest BCUT2D eigenvalue weighted by Crippen LogP contribution is -2.69. The SMILES string of the molecule is COC(=O)[C@H]1O[C@@H](O[C@H]2[C@H](O[C@H]3CC[C@]4(C)[C@H]5CC=C6[C@@H]7C[C@@](C)(C(=O)OC)CC[C@]7(C)CC[C@@]6(C)[C@]5(C)CC[C@H]4C3(C)C)O[C@H](C(=O)OC)[C@@H](OC(C)=O)[C@@H]2OC(C)=O)[C@H](OC(C)=O)[C@@H](OC(C)=O)[C@@H]1OC(C)=O. The minimum absolute atomic E-state index is 0.0758. The smallest absolute Gasteiger partial charge is 0.339 e. The van der Waals surface area contributed by atoms with Gasteiger partial charge in [-0.3, -0.25) is 28.8 Å². The summed E-state index contributed by atoms with van der Waals surface area (Å²) in [4.78, 5) is 104. The van der Waals surface area contributed by atoms with Crippen molar-refractivity contribution < 1.29 is 95.2 Å². The number of carbonyl (C=O) groups is 8. The molecule has 20 heteroatoms. The molecule has 6 fully saturated rings. The molecular weight excluding hydrogens is 981 g/mol. The van der Waals surface area contributed by atoms with Gasteiger partial charge < -0.3 is 56.8 Å². The molecule has 7 rings (SSSR count). The summed E-state index contributed by atoms with van der Waals surface area (Å²) < 4.78 is 70.2. The highest BCUT2D eigenvalue weighted by molar-refractivity contribution is 5.78. The van der Waals surface area contributed by atoms with Gasteiger partial charge in [-0.2, -0.15) is 0 Å². The molecule has 4 saturated carbocycles. The molecule has 5 aliphatic carbocycles. The van der Waals surface area contributed by atoms with E-state index in [0.717, 1.165) is 107 Å². The third-order valence-electron chi connectivity index (χ3n) is 19.4. The molecular formula is C55H80O20. The largest absolute Gasteiger partial charge is 0.469 e. The second kappa shape index (κ2) is 21.3. The van der Waals surface area contributed by atoms with E-state index in [2.05, 4.69) is 54.5 Å². The summed E-state index contributed by atoms with van der Waals surface area (Å²) in [6, 6.07) is 0. The monoisotopic (exact) mass is 1060 g/mol. The summed E-state index contributed by atoms with van der Waals surface area (Å²) >= 11 is 0. The Balaban J connectivity index is 1.27. The molecule has 2 saturated heterocycles. The van der Waals surface area contributed by atoms with Crippen molar-refractivity contribution in [3.63, 3.8) is 0 Å². The van der Waals surface area contributed by atoms with Gasteiger partial charge in [-0.25, -0.2) is 9.59 Å². The third kappa shape index (κ3) is 10.3. The zero-order valence-electron chi connectivity index (χ0n) is 46.4. The lowest BCUT2D eigenvalue weighted by Gasteiger charge is -2.71. The highest BCUT2D eigenvalue weighted by Gasteiger charge is 2.69. The van der Waals surface area contributed by atoms with Crippen LogP contribution in [-0.4, -0.2) is 137 Å². The molecule has 0 bridgehead atoms. The van der Waals surface area contributed by atoms with Crippen molar-refractivity contribution in [2.45, 2.75) is 215 Å². The number of esters is 8. The summed E-state index contributed by atoms with van der Waals surface area (Å²) in [6.07, 6.45) is -7.29. The first-order valence-corrected chi connectivity index (χ1v) is 26.4. The Bertz CT molecular complexity index is 2290.